The summed E-state index contributed by atoms with van der Waals surface area (Å²) < 4.78 is 1.64. The van der Waals surface area contributed by atoms with Crippen LogP contribution in [0.4, 0.5) is 10.8 Å². The number of aromatic nitrogens is 4. The first kappa shape index (κ1) is 26.5. The number of hydrogen-bond donors (Lipinski definition) is 2. The van der Waals surface area contributed by atoms with Crippen molar-refractivity contribution in [2.24, 2.45) is 0 Å². The molecule has 0 fully saturated rings. The predicted octanol–water partition coefficient (Wildman–Crippen LogP) is 4.91. The fraction of sp³-hybridized carbons (Fsp3) is 0.136. The number of nitrogens with one attached hydrogen (secondary N) is 2. The molecule has 2 N–H and O–H groups in total. The molecule has 190 valence electrons. The molecule has 15 heteroatoms. The Labute approximate surface area is 228 Å². The number of thioether (sulfide) groups is 1. The quantitative estimate of drug-likeness (QED) is 0.162. The fourth-order valence-corrected chi connectivity index (χ4v) is 4.89. The van der Waals surface area contributed by atoms with Crippen molar-refractivity contribution in [3.8, 4) is 5.69 Å². The van der Waals surface area contributed by atoms with E-state index in [0.29, 0.717) is 31.8 Å². The van der Waals surface area contributed by atoms with E-state index in [-0.39, 0.29) is 35.0 Å². The smallest absolute Gasteiger partial charge is 0.273 e. The Bertz CT molecular complexity index is 1480. The number of nitro benzene ring substituents is 1. The minimum Gasteiger partial charge on any atom is -0.345 e. The van der Waals surface area contributed by atoms with E-state index >= 15 is 0 Å². The third kappa shape index (κ3) is 6.25. The average molecular weight is 578 g/mol. The molecule has 2 aromatic carbocycles. The molecule has 0 unspecified atom stereocenters. The summed E-state index contributed by atoms with van der Waals surface area (Å²) in [5.74, 6) is -0.419. The summed E-state index contributed by atoms with van der Waals surface area (Å²) in [5, 5.41) is 28.3. The summed E-state index contributed by atoms with van der Waals surface area (Å²) in [6.45, 7) is 1.46. The highest BCUT2D eigenvalue weighted by molar-refractivity contribution is 7.99. The molecule has 0 atom stereocenters. The number of carbonyl (C=O) groups excluding carboxylic acids is 2. The highest BCUT2D eigenvalue weighted by atomic mass is 35.5. The molecule has 2 heterocycles. The lowest BCUT2D eigenvalue weighted by atomic mass is 10.1. The third-order valence-corrected chi connectivity index (χ3v) is 7.38. The first-order valence-corrected chi connectivity index (χ1v) is 13.1. The molecular formula is C22H17Cl2N7O4S2. The number of rotatable bonds is 9. The van der Waals surface area contributed by atoms with Gasteiger partial charge in [0, 0.05) is 28.8 Å². The molecule has 0 aliphatic heterocycles. The van der Waals surface area contributed by atoms with Gasteiger partial charge in [0.05, 0.1) is 33.0 Å². The molecule has 37 heavy (non-hydrogen) atoms. The molecule has 4 aromatic rings. The largest absolute Gasteiger partial charge is 0.345 e. The third-order valence-electron chi connectivity index (χ3n) is 5.03. The van der Waals surface area contributed by atoms with E-state index in [1.54, 1.807) is 34.3 Å². The standard InChI is InChI=1S/C22H17Cl2N7O4S2/c1-12-14(3-2-4-17(12)31(34)35)20(33)26-10-18-28-29-22(30(18)13-5-6-15(23)16(24)9-13)37-11-19(32)27-21-25-7-8-36-21/h2-9H,10-11H2,1H3,(H,26,33)(H,25,27,32). The number of anilines is 1. The molecule has 0 radical (unpaired) electrons. The van der Waals surface area contributed by atoms with E-state index < -0.39 is 10.8 Å². The summed E-state index contributed by atoms with van der Waals surface area (Å²) in [6, 6.07) is 9.21. The number of amides is 2. The van der Waals surface area contributed by atoms with Gasteiger partial charge < -0.3 is 10.6 Å². The maximum absolute atomic E-state index is 12.8. The zero-order valence-electron chi connectivity index (χ0n) is 19.0. The molecule has 2 aromatic heterocycles. The van der Waals surface area contributed by atoms with Crippen LogP contribution in [0.2, 0.25) is 10.0 Å². The summed E-state index contributed by atoms with van der Waals surface area (Å²) >= 11 is 14.7. The van der Waals surface area contributed by atoms with Gasteiger partial charge in [0.25, 0.3) is 11.6 Å². The Morgan fingerprint density at radius 1 is 1.19 bits per heavy atom. The van der Waals surface area contributed by atoms with Crippen LogP contribution in [-0.2, 0) is 11.3 Å². The lowest BCUT2D eigenvalue weighted by Crippen LogP contribution is -2.25. The van der Waals surface area contributed by atoms with Crippen molar-refractivity contribution in [2.45, 2.75) is 18.6 Å². The van der Waals surface area contributed by atoms with E-state index in [9.17, 15) is 19.7 Å². The number of halogens is 2. The van der Waals surface area contributed by atoms with Gasteiger partial charge in [-0.15, -0.1) is 21.5 Å². The van der Waals surface area contributed by atoms with Gasteiger partial charge in [-0.2, -0.15) is 0 Å². The maximum Gasteiger partial charge on any atom is 0.273 e. The van der Waals surface area contributed by atoms with Gasteiger partial charge in [-0.1, -0.05) is 41.0 Å². The molecule has 0 aliphatic carbocycles. The van der Waals surface area contributed by atoms with E-state index in [4.69, 9.17) is 23.2 Å². The van der Waals surface area contributed by atoms with Crippen LogP contribution >= 0.6 is 46.3 Å². The summed E-state index contributed by atoms with van der Waals surface area (Å²) in [4.78, 5) is 39.9. The van der Waals surface area contributed by atoms with Crippen molar-refractivity contribution in [1.29, 1.82) is 0 Å². The summed E-state index contributed by atoms with van der Waals surface area (Å²) in [6.07, 6.45) is 1.59. The Morgan fingerprint density at radius 3 is 2.70 bits per heavy atom. The van der Waals surface area contributed by atoms with Crippen LogP contribution in [0, 0.1) is 17.0 Å². The topological polar surface area (TPSA) is 145 Å². The number of hydrogen-bond acceptors (Lipinski definition) is 9. The van der Waals surface area contributed by atoms with Gasteiger partial charge in [0.15, 0.2) is 16.1 Å². The first-order valence-electron chi connectivity index (χ1n) is 10.5. The van der Waals surface area contributed by atoms with E-state index in [1.807, 2.05) is 0 Å². The molecule has 2 amide bonds. The van der Waals surface area contributed by atoms with Crippen LogP contribution in [-0.4, -0.2) is 42.2 Å². The Kier molecular flexibility index (Phi) is 8.38. The summed E-state index contributed by atoms with van der Waals surface area (Å²) in [7, 11) is 0. The highest BCUT2D eigenvalue weighted by Crippen LogP contribution is 2.28. The van der Waals surface area contributed by atoms with Crippen molar-refractivity contribution in [3.05, 3.63) is 85.1 Å². The van der Waals surface area contributed by atoms with Crippen molar-refractivity contribution in [1.82, 2.24) is 25.1 Å². The second-order valence-corrected chi connectivity index (χ2v) is 10.0. The number of carbonyl (C=O) groups is 2. The molecular weight excluding hydrogens is 561 g/mol. The van der Waals surface area contributed by atoms with Gasteiger partial charge in [0.2, 0.25) is 5.91 Å². The van der Waals surface area contributed by atoms with Crippen LogP contribution in [0.3, 0.4) is 0 Å². The fourth-order valence-electron chi connectivity index (χ4n) is 3.28. The van der Waals surface area contributed by atoms with Crippen LogP contribution in [0.15, 0.2) is 53.1 Å². The normalized spacial score (nSPS) is 10.8. The molecule has 0 spiro atoms. The maximum atomic E-state index is 12.8. The van der Waals surface area contributed by atoms with Gasteiger partial charge in [-0.05, 0) is 31.2 Å². The van der Waals surface area contributed by atoms with Crippen LogP contribution in [0.25, 0.3) is 5.69 Å². The average Bonchev–Trinajstić information content (AvgIpc) is 3.52. The lowest BCUT2D eigenvalue weighted by Gasteiger charge is -2.12. The summed E-state index contributed by atoms with van der Waals surface area (Å²) in [5.41, 5.74) is 0.834. The predicted molar refractivity (Wildman–Crippen MR) is 142 cm³/mol. The zero-order chi connectivity index (χ0) is 26.5. The van der Waals surface area contributed by atoms with Crippen LogP contribution < -0.4 is 10.6 Å². The number of benzene rings is 2. The van der Waals surface area contributed by atoms with Gasteiger partial charge in [-0.25, -0.2) is 4.98 Å². The lowest BCUT2D eigenvalue weighted by molar-refractivity contribution is -0.385. The molecule has 0 saturated heterocycles. The number of thiazole rings is 1. The van der Waals surface area contributed by atoms with Crippen LogP contribution in [0.5, 0.6) is 0 Å². The monoisotopic (exact) mass is 577 g/mol. The second kappa shape index (κ2) is 11.7. The van der Waals surface area contributed by atoms with E-state index in [1.165, 1.54) is 36.5 Å². The van der Waals surface area contributed by atoms with Crippen molar-refractivity contribution in [3.63, 3.8) is 0 Å². The Morgan fingerprint density at radius 2 is 2.00 bits per heavy atom. The molecule has 0 aliphatic rings. The van der Waals surface area contributed by atoms with Gasteiger partial charge in [-0.3, -0.25) is 24.3 Å². The SMILES string of the molecule is Cc1c(C(=O)NCc2nnc(SCC(=O)Nc3nccs3)n2-c2ccc(Cl)c(Cl)c2)cccc1[N+](=O)[O-]. The molecule has 4 rings (SSSR count). The minimum atomic E-state index is -0.540. The first-order chi connectivity index (χ1) is 17.7. The second-order valence-electron chi connectivity index (χ2n) is 7.40. The van der Waals surface area contributed by atoms with E-state index in [2.05, 4.69) is 25.8 Å². The molecule has 0 saturated carbocycles. The minimum absolute atomic E-state index is 0.0261. The van der Waals surface area contributed by atoms with Crippen molar-refractivity contribution < 1.29 is 14.5 Å². The Balaban J connectivity index is 1.56. The van der Waals surface area contributed by atoms with Crippen molar-refractivity contribution in [2.75, 3.05) is 11.1 Å². The van der Waals surface area contributed by atoms with Crippen LogP contribution in [0.1, 0.15) is 21.7 Å². The molecule has 0 bridgehead atoms. The number of nitro groups is 1. The van der Waals surface area contributed by atoms with Crippen molar-refractivity contribution >= 4 is 68.9 Å². The Hall–Kier alpha value is -3.52. The number of nitrogens with zero attached hydrogens (tertiary/aromatic N) is 5. The molecule has 11 nitrogen and oxygen atoms in total. The van der Waals surface area contributed by atoms with E-state index in [0.717, 1.165) is 11.8 Å². The highest BCUT2D eigenvalue weighted by Gasteiger charge is 2.21. The zero-order valence-corrected chi connectivity index (χ0v) is 22.1. The van der Waals surface area contributed by atoms with Gasteiger partial charge >= 0.3 is 0 Å². The van der Waals surface area contributed by atoms with Gasteiger partial charge in [0.1, 0.15) is 0 Å².